The van der Waals surface area contributed by atoms with Gasteiger partial charge in [0.2, 0.25) is 10.0 Å². The smallest absolute Gasteiger partial charge is 0.229 e. The Bertz CT molecular complexity index is 1470. The van der Waals surface area contributed by atoms with Crippen LogP contribution in [0.4, 0.5) is 14.5 Å². The van der Waals surface area contributed by atoms with Crippen molar-refractivity contribution >= 4 is 39.1 Å². The first kappa shape index (κ1) is 26.2. The summed E-state index contributed by atoms with van der Waals surface area (Å²) >= 11 is 7.54. The molecule has 0 bridgehead atoms. The Kier molecular flexibility index (Phi) is 7.45. The highest BCUT2D eigenvalue weighted by Crippen LogP contribution is 2.37. The molecule has 1 heterocycles. The zero-order valence-electron chi connectivity index (χ0n) is 19.8. The number of thioether (sulfide) groups is 1. The molecule has 0 spiro atoms. The van der Waals surface area contributed by atoms with Crippen LogP contribution in [0.25, 0.3) is 5.69 Å². The molecule has 1 aromatic heterocycles. The van der Waals surface area contributed by atoms with E-state index in [2.05, 4.69) is 9.71 Å². The molecule has 4 aromatic rings. The number of hydrogen-bond donors (Lipinski definition) is 1. The van der Waals surface area contributed by atoms with Crippen LogP contribution >= 0.6 is 23.4 Å². The maximum absolute atomic E-state index is 14.4. The van der Waals surface area contributed by atoms with E-state index < -0.39 is 21.3 Å². The second-order valence-corrected chi connectivity index (χ2v) is 11.9. The fraction of sp³-hybridized carbons (Fsp3) is 0.192. The van der Waals surface area contributed by atoms with Crippen LogP contribution in [0, 0.1) is 11.6 Å². The largest absolute Gasteiger partial charge is 0.291 e. The van der Waals surface area contributed by atoms with Crippen LogP contribution in [0.3, 0.4) is 0 Å². The fourth-order valence-corrected chi connectivity index (χ4v) is 5.74. The SMILES string of the molecule is CC(C)(c1ccc(NS(C)(=O)=O)cc1)c1cnc(SCc2c(F)cccc2Cl)n1-c1ccc(F)cc1. The molecule has 36 heavy (non-hydrogen) atoms. The molecule has 0 aliphatic carbocycles. The van der Waals surface area contributed by atoms with Crippen molar-refractivity contribution in [3.8, 4) is 5.69 Å². The Hall–Kier alpha value is -2.88. The maximum Gasteiger partial charge on any atom is 0.229 e. The summed E-state index contributed by atoms with van der Waals surface area (Å²) in [7, 11) is -3.39. The Balaban J connectivity index is 1.74. The zero-order valence-corrected chi connectivity index (χ0v) is 22.2. The third kappa shape index (κ3) is 5.74. The Labute approximate surface area is 218 Å². The molecule has 0 saturated heterocycles. The third-order valence-electron chi connectivity index (χ3n) is 5.77. The summed E-state index contributed by atoms with van der Waals surface area (Å²) in [6.07, 6.45) is 2.84. The van der Waals surface area contributed by atoms with Crippen LogP contribution in [-0.2, 0) is 21.2 Å². The highest BCUT2D eigenvalue weighted by molar-refractivity contribution is 7.98. The summed E-state index contributed by atoms with van der Waals surface area (Å²) in [6.45, 7) is 4.04. The lowest BCUT2D eigenvalue weighted by Gasteiger charge is -2.27. The first-order chi connectivity index (χ1) is 17.0. The van der Waals surface area contributed by atoms with Gasteiger partial charge in [-0.15, -0.1) is 0 Å². The van der Waals surface area contributed by atoms with E-state index in [1.165, 1.54) is 30.0 Å². The molecule has 3 aromatic carbocycles. The second-order valence-electron chi connectivity index (χ2n) is 8.80. The summed E-state index contributed by atoms with van der Waals surface area (Å²) in [6, 6.07) is 17.7. The monoisotopic (exact) mass is 547 g/mol. The Morgan fingerprint density at radius 3 is 2.31 bits per heavy atom. The van der Waals surface area contributed by atoms with Gasteiger partial charge in [-0.3, -0.25) is 9.29 Å². The van der Waals surface area contributed by atoms with Gasteiger partial charge >= 0.3 is 0 Å². The number of halogens is 3. The van der Waals surface area contributed by atoms with E-state index in [1.54, 1.807) is 42.6 Å². The van der Waals surface area contributed by atoms with Crippen LogP contribution in [0.15, 0.2) is 78.1 Å². The molecule has 0 fully saturated rings. The van der Waals surface area contributed by atoms with Gasteiger partial charge in [0, 0.05) is 33.1 Å². The molecule has 0 unspecified atom stereocenters. The number of anilines is 1. The van der Waals surface area contributed by atoms with Gasteiger partial charge in [-0.2, -0.15) is 0 Å². The van der Waals surface area contributed by atoms with E-state index in [-0.39, 0.29) is 11.6 Å². The lowest BCUT2D eigenvalue weighted by atomic mass is 9.81. The maximum atomic E-state index is 14.4. The minimum absolute atomic E-state index is 0.259. The van der Waals surface area contributed by atoms with Crippen molar-refractivity contribution in [1.29, 1.82) is 0 Å². The zero-order chi connectivity index (χ0) is 26.1. The van der Waals surface area contributed by atoms with Gasteiger partial charge in [0.05, 0.1) is 18.1 Å². The third-order valence-corrected chi connectivity index (χ3v) is 7.71. The number of aromatic nitrogens is 2. The van der Waals surface area contributed by atoms with Crippen molar-refractivity contribution in [3.63, 3.8) is 0 Å². The predicted molar refractivity (Wildman–Crippen MR) is 142 cm³/mol. The van der Waals surface area contributed by atoms with Crippen LogP contribution in [0.1, 0.15) is 30.7 Å². The van der Waals surface area contributed by atoms with Crippen molar-refractivity contribution in [3.05, 3.63) is 106 Å². The lowest BCUT2D eigenvalue weighted by Crippen LogP contribution is -2.23. The van der Waals surface area contributed by atoms with Crippen LogP contribution < -0.4 is 4.72 Å². The summed E-state index contributed by atoms with van der Waals surface area (Å²) in [4.78, 5) is 4.62. The molecule has 0 saturated carbocycles. The van der Waals surface area contributed by atoms with E-state index in [4.69, 9.17) is 11.6 Å². The van der Waals surface area contributed by atoms with Crippen LogP contribution in [0.5, 0.6) is 0 Å². The minimum Gasteiger partial charge on any atom is -0.291 e. The minimum atomic E-state index is -3.39. The van der Waals surface area contributed by atoms with Crippen molar-refractivity contribution in [2.75, 3.05) is 11.0 Å². The molecular formula is C26H24ClF2N3O2S2. The van der Waals surface area contributed by atoms with E-state index in [1.807, 2.05) is 30.5 Å². The average molecular weight is 548 g/mol. The molecule has 0 aliphatic heterocycles. The van der Waals surface area contributed by atoms with E-state index in [0.29, 0.717) is 27.1 Å². The molecule has 0 radical (unpaired) electrons. The van der Waals surface area contributed by atoms with Crippen molar-refractivity contribution in [1.82, 2.24) is 9.55 Å². The molecule has 0 amide bonds. The topological polar surface area (TPSA) is 64.0 Å². The Morgan fingerprint density at radius 2 is 1.69 bits per heavy atom. The average Bonchev–Trinajstić information content (AvgIpc) is 3.23. The molecule has 4 rings (SSSR count). The highest BCUT2D eigenvalue weighted by atomic mass is 35.5. The lowest BCUT2D eigenvalue weighted by molar-refractivity contribution is 0.591. The molecule has 0 aliphatic rings. The Morgan fingerprint density at radius 1 is 1.03 bits per heavy atom. The normalized spacial score (nSPS) is 12.1. The van der Waals surface area contributed by atoms with Gasteiger partial charge < -0.3 is 0 Å². The van der Waals surface area contributed by atoms with Gasteiger partial charge in [-0.25, -0.2) is 22.2 Å². The van der Waals surface area contributed by atoms with Gasteiger partial charge in [-0.05, 0) is 54.1 Å². The van der Waals surface area contributed by atoms with Crippen molar-refractivity contribution in [2.24, 2.45) is 0 Å². The van der Waals surface area contributed by atoms with Crippen LogP contribution in [-0.4, -0.2) is 24.2 Å². The van der Waals surface area contributed by atoms with Crippen molar-refractivity contribution < 1.29 is 17.2 Å². The number of nitrogens with zero attached hydrogens (tertiary/aromatic N) is 2. The summed E-state index contributed by atoms with van der Waals surface area (Å²) < 4.78 is 55.6. The first-order valence-electron chi connectivity index (χ1n) is 10.9. The molecule has 10 heteroatoms. The first-order valence-corrected chi connectivity index (χ1v) is 14.2. The predicted octanol–water partition coefficient (Wildman–Crippen LogP) is 6.79. The molecule has 5 nitrogen and oxygen atoms in total. The summed E-state index contributed by atoms with van der Waals surface area (Å²) in [5, 5.41) is 0.935. The fourth-order valence-electron chi connectivity index (χ4n) is 3.84. The van der Waals surface area contributed by atoms with Gasteiger partial charge in [0.1, 0.15) is 11.6 Å². The standard InChI is InChI=1S/C26H24ClF2N3O2S2/c1-26(2,17-7-11-19(12-8-17)31-36(3,33)34)24-15-30-25(32(24)20-13-9-18(28)10-14-20)35-16-21-22(27)5-4-6-23(21)29/h4-15,31H,16H2,1-3H3. The van der Waals surface area contributed by atoms with Gasteiger partial charge in [0.25, 0.3) is 0 Å². The molecule has 0 atom stereocenters. The highest BCUT2D eigenvalue weighted by Gasteiger charge is 2.29. The number of rotatable bonds is 8. The van der Waals surface area contributed by atoms with E-state index >= 15 is 0 Å². The molecular weight excluding hydrogens is 524 g/mol. The molecule has 188 valence electrons. The van der Waals surface area contributed by atoms with E-state index in [9.17, 15) is 17.2 Å². The number of benzene rings is 3. The van der Waals surface area contributed by atoms with Crippen LogP contribution in [0.2, 0.25) is 5.02 Å². The number of imidazole rings is 1. The summed E-state index contributed by atoms with van der Waals surface area (Å²) in [5.74, 6) is -0.491. The molecule has 1 N–H and O–H groups in total. The number of hydrogen-bond acceptors (Lipinski definition) is 4. The number of nitrogens with one attached hydrogen (secondary N) is 1. The summed E-state index contributed by atoms with van der Waals surface area (Å²) in [5.41, 5.74) is 2.71. The van der Waals surface area contributed by atoms with Gasteiger partial charge in [0.15, 0.2) is 5.16 Å². The van der Waals surface area contributed by atoms with Crippen molar-refractivity contribution in [2.45, 2.75) is 30.2 Å². The van der Waals surface area contributed by atoms with Gasteiger partial charge in [-0.1, -0.05) is 55.4 Å². The second kappa shape index (κ2) is 10.2. The van der Waals surface area contributed by atoms with E-state index in [0.717, 1.165) is 17.5 Å². The number of sulfonamides is 1. The quantitative estimate of drug-likeness (QED) is 0.247.